The van der Waals surface area contributed by atoms with Crippen LogP contribution in [-0.4, -0.2) is 9.97 Å². The van der Waals surface area contributed by atoms with Crippen LogP contribution in [0.2, 0.25) is 0 Å². The maximum Gasteiger partial charge on any atom is 0.129 e. The Kier molecular flexibility index (Phi) is 7.53. The topological polar surface area (TPSA) is 38.9 Å². The van der Waals surface area contributed by atoms with Crippen molar-refractivity contribution < 1.29 is 24.5 Å². The Labute approximate surface area is 239 Å². The minimum atomic E-state index is 0. The third-order valence-electron chi connectivity index (χ3n) is 6.50. The number of pyridine rings is 2. The van der Waals surface area contributed by atoms with Crippen LogP contribution in [0.3, 0.4) is 0 Å². The van der Waals surface area contributed by atoms with Gasteiger partial charge in [0.15, 0.2) is 0 Å². The van der Waals surface area contributed by atoms with Crippen LogP contribution in [0.4, 0.5) is 0 Å². The Morgan fingerprint density at radius 2 is 1.55 bits per heavy atom. The SMILES string of the molecule is Cc1cc2c(ccc3c4cc[c-]c(-c5cc(C)c(C)cn5)c4oc23)s1.[Ir].[c-]1ccccc1-c1ccccn1. The van der Waals surface area contributed by atoms with E-state index in [1.807, 2.05) is 54.7 Å². The summed E-state index contributed by atoms with van der Waals surface area (Å²) in [6.45, 7) is 6.32. The van der Waals surface area contributed by atoms with Crippen LogP contribution in [0.1, 0.15) is 16.0 Å². The summed E-state index contributed by atoms with van der Waals surface area (Å²) in [6, 6.07) is 32.9. The molecule has 4 aromatic heterocycles. The van der Waals surface area contributed by atoms with Crippen LogP contribution < -0.4 is 0 Å². The van der Waals surface area contributed by atoms with E-state index < -0.39 is 0 Å². The number of rotatable bonds is 2. The third-order valence-corrected chi connectivity index (χ3v) is 7.51. The predicted octanol–water partition coefficient (Wildman–Crippen LogP) is 9.13. The number of aromatic nitrogens is 2. The van der Waals surface area contributed by atoms with Crippen molar-refractivity contribution in [2.24, 2.45) is 0 Å². The number of hydrogen-bond acceptors (Lipinski definition) is 4. The van der Waals surface area contributed by atoms with E-state index >= 15 is 0 Å². The molecule has 0 aliphatic heterocycles. The molecule has 7 aromatic rings. The monoisotopic (exact) mass is 689 g/mol. The molecule has 1 radical (unpaired) electrons. The van der Waals surface area contributed by atoms with E-state index in [-0.39, 0.29) is 20.1 Å². The summed E-state index contributed by atoms with van der Waals surface area (Å²) in [5.41, 5.74) is 8.09. The average molecular weight is 689 g/mol. The molecule has 0 saturated carbocycles. The largest absolute Gasteiger partial charge is 0.500 e. The molecule has 0 fully saturated rings. The number of hydrogen-bond donors (Lipinski definition) is 0. The normalized spacial score (nSPS) is 10.8. The van der Waals surface area contributed by atoms with E-state index in [1.165, 1.54) is 26.1 Å². The fourth-order valence-electron chi connectivity index (χ4n) is 4.47. The Morgan fingerprint density at radius 3 is 2.32 bits per heavy atom. The molecule has 4 heterocycles. The number of thiophene rings is 1. The second kappa shape index (κ2) is 11.0. The predicted molar refractivity (Wildman–Crippen MR) is 154 cm³/mol. The van der Waals surface area contributed by atoms with Crippen LogP contribution >= 0.6 is 11.3 Å². The summed E-state index contributed by atoms with van der Waals surface area (Å²) >= 11 is 1.80. The standard InChI is InChI=1S/C22H16NOS.C11H8N.Ir/c1-12-9-19(23-11-13(12)2)17-6-4-5-15-16-7-8-20-18(10-14(3)25-20)22(16)24-21(15)17;1-2-6-10(7-3-1)11-8-4-5-9-12-11;/h4-5,7-11H,1-3H3;1-6,8-9H;/q2*-1;. The fraction of sp³-hybridized carbons (Fsp3) is 0.0909. The molecule has 189 valence electrons. The summed E-state index contributed by atoms with van der Waals surface area (Å²) in [5.74, 6) is 0. The molecule has 0 amide bonds. The van der Waals surface area contributed by atoms with E-state index in [2.05, 4.69) is 73.2 Å². The number of furan rings is 1. The molecule has 0 bridgehead atoms. The molecular weight excluding hydrogens is 665 g/mol. The molecule has 0 atom stereocenters. The molecule has 0 N–H and O–H groups in total. The van der Waals surface area contributed by atoms with Gasteiger partial charge < -0.3 is 14.4 Å². The number of fused-ring (bicyclic) bond motifs is 5. The zero-order valence-electron chi connectivity index (χ0n) is 21.2. The van der Waals surface area contributed by atoms with Gasteiger partial charge in [-0.15, -0.1) is 65.4 Å². The number of aryl methyl sites for hydroxylation is 3. The zero-order valence-corrected chi connectivity index (χ0v) is 24.4. The van der Waals surface area contributed by atoms with Crippen molar-refractivity contribution in [3.63, 3.8) is 0 Å². The fourth-order valence-corrected chi connectivity index (χ4v) is 5.39. The molecule has 0 unspecified atom stereocenters. The summed E-state index contributed by atoms with van der Waals surface area (Å²) < 4.78 is 7.63. The smallest absolute Gasteiger partial charge is 0.129 e. The van der Waals surface area contributed by atoms with Crippen LogP contribution in [0.5, 0.6) is 0 Å². The van der Waals surface area contributed by atoms with E-state index in [1.54, 1.807) is 17.5 Å². The van der Waals surface area contributed by atoms with Gasteiger partial charge in [0.1, 0.15) is 5.58 Å². The molecule has 3 aromatic carbocycles. The summed E-state index contributed by atoms with van der Waals surface area (Å²) in [4.78, 5) is 10.1. The van der Waals surface area contributed by atoms with Gasteiger partial charge in [0.2, 0.25) is 0 Å². The van der Waals surface area contributed by atoms with Gasteiger partial charge in [-0.25, -0.2) is 0 Å². The van der Waals surface area contributed by atoms with Gasteiger partial charge in [0.25, 0.3) is 0 Å². The first-order chi connectivity index (χ1) is 18.1. The van der Waals surface area contributed by atoms with Crippen molar-refractivity contribution in [3.8, 4) is 22.5 Å². The van der Waals surface area contributed by atoms with Crippen molar-refractivity contribution in [1.29, 1.82) is 0 Å². The van der Waals surface area contributed by atoms with Crippen LogP contribution in [0.15, 0.2) is 95.7 Å². The summed E-state index contributed by atoms with van der Waals surface area (Å²) in [6.07, 6.45) is 3.70. The quantitative estimate of drug-likeness (QED) is 0.170. The van der Waals surface area contributed by atoms with E-state index in [9.17, 15) is 0 Å². The number of nitrogens with zero attached hydrogens (tertiary/aromatic N) is 2. The van der Waals surface area contributed by atoms with Gasteiger partial charge in [-0.3, -0.25) is 0 Å². The van der Waals surface area contributed by atoms with Crippen molar-refractivity contribution in [2.75, 3.05) is 0 Å². The zero-order chi connectivity index (χ0) is 25.4. The Balaban J connectivity index is 0.000000191. The van der Waals surface area contributed by atoms with Gasteiger partial charge in [-0.1, -0.05) is 40.8 Å². The van der Waals surface area contributed by atoms with Gasteiger partial charge in [-0.2, -0.15) is 0 Å². The minimum absolute atomic E-state index is 0. The van der Waals surface area contributed by atoms with E-state index in [4.69, 9.17) is 4.42 Å². The molecule has 0 spiro atoms. The number of benzene rings is 3. The second-order valence-corrected chi connectivity index (χ2v) is 10.3. The Morgan fingerprint density at radius 1 is 0.711 bits per heavy atom. The van der Waals surface area contributed by atoms with E-state index in [0.29, 0.717) is 0 Å². The van der Waals surface area contributed by atoms with E-state index in [0.717, 1.165) is 44.5 Å². The average Bonchev–Trinajstić information content (AvgIpc) is 3.51. The van der Waals surface area contributed by atoms with Crippen LogP contribution in [0, 0.1) is 32.9 Å². The van der Waals surface area contributed by atoms with Gasteiger partial charge in [0, 0.05) is 52.8 Å². The summed E-state index contributed by atoms with van der Waals surface area (Å²) in [7, 11) is 0. The third kappa shape index (κ3) is 4.93. The van der Waals surface area contributed by atoms with Crippen molar-refractivity contribution in [2.45, 2.75) is 20.8 Å². The molecular formula is C33H24IrN2OS-2. The molecule has 0 saturated heterocycles. The second-order valence-electron chi connectivity index (χ2n) is 9.05. The maximum absolute atomic E-state index is 6.37. The molecule has 0 aliphatic rings. The van der Waals surface area contributed by atoms with Gasteiger partial charge in [0.05, 0.1) is 5.58 Å². The summed E-state index contributed by atoms with van der Waals surface area (Å²) in [5, 5.41) is 3.46. The Hall–Kier alpha value is -3.63. The first-order valence-electron chi connectivity index (χ1n) is 12.2. The van der Waals surface area contributed by atoms with Gasteiger partial charge >= 0.3 is 0 Å². The van der Waals surface area contributed by atoms with Crippen molar-refractivity contribution in [1.82, 2.24) is 9.97 Å². The van der Waals surface area contributed by atoms with Crippen LogP contribution in [0.25, 0.3) is 54.5 Å². The first kappa shape index (κ1) is 26.0. The van der Waals surface area contributed by atoms with Crippen molar-refractivity contribution in [3.05, 3.63) is 119 Å². The molecule has 7 rings (SSSR count). The first-order valence-corrected chi connectivity index (χ1v) is 13.0. The molecule has 0 aliphatic carbocycles. The Bertz CT molecular complexity index is 1820. The molecule has 5 heteroatoms. The molecule has 38 heavy (non-hydrogen) atoms. The maximum atomic E-state index is 6.37. The van der Waals surface area contributed by atoms with Gasteiger partial charge in [-0.05, 0) is 55.9 Å². The van der Waals surface area contributed by atoms with Crippen molar-refractivity contribution >= 4 is 43.4 Å². The van der Waals surface area contributed by atoms with Crippen LogP contribution in [-0.2, 0) is 20.1 Å². The molecule has 3 nitrogen and oxygen atoms in total. The minimum Gasteiger partial charge on any atom is -0.500 e.